The molecule has 44 heavy (non-hydrogen) atoms. The highest BCUT2D eigenvalue weighted by atomic mass is 16.5. The average molecular weight is 590 g/mol. The lowest BCUT2D eigenvalue weighted by atomic mass is 9.96. The Morgan fingerprint density at radius 1 is 0.841 bits per heavy atom. The molecule has 1 N–H and O–H groups in total. The van der Waals surface area contributed by atoms with Gasteiger partial charge in [0.1, 0.15) is 6.54 Å². The van der Waals surface area contributed by atoms with Crippen LogP contribution in [0.2, 0.25) is 0 Å². The van der Waals surface area contributed by atoms with Crippen molar-refractivity contribution >= 4 is 40.8 Å². The number of anilines is 3. The van der Waals surface area contributed by atoms with E-state index in [1.165, 1.54) is 4.90 Å². The molecule has 0 radical (unpaired) electrons. The van der Waals surface area contributed by atoms with E-state index in [-0.39, 0.29) is 37.3 Å². The lowest BCUT2D eigenvalue weighted by Crippen LogP contribution is -2.49. The van der Waals surface area contributed by atoms with E-state index in [0.717, 1.165) is 16.7 Å². The molecule has 0 bridgehead atoms. The number of rotatable bonds is 7. The third kappa shape index (κ3) is 6.24. The number of carbonyl (C=O) groups is 4. The second-order valence-electron chi connectivity index (χ2n) is 11.3. The van der Waals surface area contributed by atoms with E-state index in [4.69, 9.17) is 4.74 Å². The third-order valence-electron chi connectivity index (χ3n) is 7.62. The molecule has 5 rings (SSSR count). The number of esters is 1. The molecule has 0 fully saturated rings. The van der Waals surface area contributed by atoms with Gasteiger partial charge in [-0.05, 0) is 81.3 Å². The second-order valence-corrected chi connectivity index (χ2v) is 11.3. The van der Waals surface area contributed by atoms with Crippen molar-refractivity contribution in [1.29, 1.82) is 0 Å². The minimum atomic E-state index is -0.903. The zero-order valence-electron chi connectivity index (χ0n) is 25.3. The average Bonchev–Trinajstić information content (AvgIpc) is 3.08. The maximum absolute atomic E-state index is 14.1. The van der Waals surface area contributed by atoms with Crippen molar-refractivity contribution in [2.75, 3.05) is 28.3 Å². The number of hydrogen-bond acceptors (Lipinski definition) is 5. The van der Waals surface area contributed by atoms with E-state index < -0.39 is 11.5 Å². The zero-order valence-corrected chi connectivity index (χ0v) is 25.3. The van der Waals surface area contributed by atoms with E-state index in [0.29, 0.717) is 28.2 Å². The molecule has 224 valence electrons. The van der Waals surface area contributed by atoms with Crippen LogP contribution in [0.1, 0.15) is 53.5 Å². The molecule has 0 spiro atoms. The second kappa shape index (κ2) is 12.6. The fourth-order valence-electron chi connectivity index (χ4n) is 5.47. The molecule has 8 nitrogen and oxygen atoms in total. The SMILES string of the molecule is CCOC(=O)CN1C(=O)CC(C)(C)N(C(=O)c2ccc(NC(=O)c3ccccc3-c3ccc(C)cc3)cc2)c2ccccc21. The van der Waals surface area contributed by atoms with Gasteiger partial charge < -0.3 is 15.0 Å². The van der Waals surface area contributed by atoms with E-state index >= 15 is 0 Å². The predicted octanol–water partition coefficient (Wildman–Crippen LogP) is 6.64. The number of fused-ring (bicyclic) bond motifs is 1. The standard InChI is InChI=1S/C36H35N3O5/c1-5-44-33(41)23-38-30-12-8-9-13-31(30)39(36(3,4)22-32(38)40)35(43)26-18-20-27(21-19-26)37-34(42)29-11-7-6-10-28(29)25-16-14-24(2)15-17-25/h6-21H,5,22-23H2,1-4H3,(H,37,42). The minimum Gasteiger partial charge on any atom is -0.465 e. The molecule has 0 aliphatic carbocycles. The number of carbonyl (C=O) groups excluding carboxylic acids is 4. The number of aryl methyl sites for hydroxylation is 1. The molecule has 0 atom stereocenters. The van der Waals surface area contributed by atoms with Crippen molar-refractivity contribution in [3.8, 4) is 11.1 Å². The van der Waals surface area contributed by atoms with Gasteiger partial charge in [-0.1, -0.05) is 60.2 Å². The Morgan fingerprint density at radius 3 is 2.16 bits per heavy atom. The Labute approximate surface area is 257 Å². The van der Waals surface area contributed by atoms with Gasteiger partial charge in [-0.3, -0.25) is 24.1 Å². The molecule has 4 aromatic rings. The van der Waals surface area contributed by atoms with Crippen LogP contribution in [-0.4, -0.2) is 42.4 Å². The van der Waals surface area contributed by atoms with Crippen molar-refractivity contribution in [3.63, 3.8) is 0 Å². The smallest absolute Gasteiger partial charge is 0.326 e. The van der Waals surface area contributed by atoms with E-state index in [1.54, 1.807) is 66.4 Å². The first kappa shape index (κ1) is 30.2. The predicted molar refractivity (Wildman–Crippen MR) is 172 cm³/mol. The molecule has 1 aliphatic rings. The van der Waals surface area contributed by atoms with Gasteiger partial charge >= 0.3 is 5.97 Å². The molecule has 1 aliphatic heterocycles. The van der Waals surface area contributed by atoms with Crippen LogP contribution in [0.4, 0.5) is 17.1 Å². The number of ether oxygens (including phenoxy) is 1. The normalized spacial score (nSPS) is 14.0. The highest BCUT2D eigenvalue weighted by molar-refractivity contribution is 6.13. The quantitative estimate of drug-likeness (QED) is 0.244. The molecular weight excluding hydrogens is 554 g/mol. The number of hydrogen-bond donors (Lipinski definition) is 1. The number of amides is 3. The van der Waals surface area contributed by atoms with Crippen molar-refractivity contribution in [2.24, 2.45) is 0 Å². The Bertz CT molecular complexity index is 1710. The van der Waals surface area contributed by atoms with Gasteiger partial charge in [0, 0.05) is 16.8 Å². The highest BCUT2D eigenvalue weighted by Crippen LogP contribution is 2.40. The number of para-hydroxylation sites is 2. The fourth-order valence-corrected chi connectivity index (χ4v) is 5.47. The maximum atomic E-state index is 14.1. The van der Waals surface area contributed by atoms with Gasteiger partial charge in [-0.15, -0.1) is 0 Å². The summed E-state index contributed by atoms with van der Waals surface area (Å²) in [5.41, 5.74) is 4.44. The topological polar surface area (TPSA) is 96.0 Å². The molecule has 0 aromatic heterocycles. The molecule has 3 amide bonds. The highest BCUT2D eigenvalue weighted by Gasteiger charge is 2.41. The first-order chi connectivity index (χ1) is 21.1. The van der Waals surface area contributed by atoms with Gasteiger partial charge in [0.25, 0.3) is 11.8 Å². The fraction of sp³-hybridized carbons (Fsp3) is 0.222. The van der Waals surface area contributed by atoms with Crippen LogP contribution in [0.3, 0.4) is 0 Å². The summed E-state index contributed by atoms with van der Waals surface area (Å²) in [7, 11) is 0. The Kier molecular flexibility index (Phi) is 8.62. The first-order valence-electron chi connectivity index (χ1n) is 14.6. The molecular formula is C36H35N3O5. The monoisotopic (exact) mass is 589 g/mol. The molecule has 1 heterocycles. The third-order valence-corrected chi connectivity index (χ3v) is 7.62. The van der Waals surface area contributed by atoms with Crippen LogP contribution in [0, 0.1) is 6.92 Å². The van der Waals surface area contributed by atoms with Crippen LogP contribution < -0.4 is 15.1 Å². The van der Waals surface area contributed by atoms with E-state index in [1.807, 2.05) is 63.2 Å². The van der Waals surface area contributed by atoms with E-state index in [9.17, 15) is 19.2 Å². The summed E-state index contributed by atoms with van der Waals surface area (Å²) < 4.78 is 5.10. The lowest BCUT2D eigenvalue weighted by molar-refractivity contribution is -0.142. The number of nitrogens with one attached hydrogen (secondary N) is 1. The lowest BCUT2D eigenvalue weighted by Gasteiger charge is -2.37. The summed E-state index contributed by atoms with van der Waals surface area (Å²) in [6.07, 6.45) is 0.00135. The van der Waals surface area contributed by atoms with Crippen LogP contribution in [-0.2, 0) is 14.3 Å². The van der Waals surface area contributed by atoms with Crippen molar-refractivity contribution in [1.82, 2.24) is 0 Å². The van der Waals surface area contributed by atoms with Crippen LogP contribution >= 0.6 is 0 Å². The van der Waals surface area contributed by atoms with Crippen molar-refractivity contribution < 1.29 is 23.9 Å². The molecule has 0 saturated carbocycles. The Hall–Kier alpha value is -5.24. The zero-order chi connectivity index (χ0) is 31.4. The molecule has 0 unspecified atom stereocenters. The summed E-state index contributed by atoms with van der Waals surface area (Å²) in [5.74, 6) is -1.37. The first-order valence-corrected chi connectivity index (χ1v) is 14.6. The summed E-state index contributed by atoms with van der Waals surface area (Å²) in [5, 5.41) is 2.95. The van der Waals surface area contributed by atoms with E-state index in [2.05, 4.69) is 5.32 Å². The van der Waals surface area contributed by atoms with Crippen molar-refractivity contribution in [2.45, 2.75) is 39.7 Å². The summed E-state index contributed by atoms with van der Waals surface area (Å²) in [4.78, 5) is 56.1. The van der Waals surface area contributed by atoms with Gasteiger partial charge in [0.15, 0.2) is 0 Å². The van der Waals surface area contributed by atoms with Gasteiger partial charge in [0.05, 0.1) is 29.9 Å². The van der Waals surface area contributed by atoms with Gasteiger partial charge in [-0.2, -0.15) is 0 Å². The number of benzene rings is 4. The summed E-state index contributed by atoms with van der Waals surface area (Å²) in [6.45, 7) is 7.34. The van der Waals surface area contributed by atoms with Crippen LogP contribution in [0.25, 0.3) is 11.1 Å². The van der Waals surface area contributed by atoms with Gasteiger partial charge in [0.2, 0.25) is 5.91 Å². The molecule has 0 saturated heterocycles. The minimum absolute atomic E-state index is 0.00135. The van der Waals surface area contributed by atoms with Crippen molar-refractivity contribution in [3.05, 3.63) is 114 Å². The number of nitrogens with zero attached hydrogens (tertiary/aromatic N) is 2. The largest absolute Gasteiger partial charge is 0.465 e. The van der Waals surface area contributed by atoms with Crippen LogP contribution in [0.15, 0.2) is 97.1 Å². The Morgan fingerprint density at radius 2 is 1.48 bits per heavy atom. The Balaban J connectivity index is 1.40. The summed E-state index contributed by atoms with van der Waals surface area (Å²) in [6, 6.07) is 29.2. The summed E-state index contributed by atoms with van der Waals surface area (Å²) >= 11 is 0. The van der Waals surface area contributed by atoms with Crippen LogP contribution in [0.5, 0.6) is 0 Å². The molecule has 4 aromatic carbocycles. The molecule has 8 heteroatoms. The maximum Gasteiger partial charge on any atom is 0.326 e. The van der Waals surface area contributed by atoms with Gasteiger partial charge in [-0.25, -0.2) is 0 Å².